The first kappa shape index (κ1) is 25.4. The van der Waals surface area contributed by atoms with Gasteiger partial charge in [0.15, 0.2) is 5.96 Å². The molecule has 1 heterocycles. The number of rotatable bonds is 10. The van der Waals surface area contributed by atoms with Gasteiger partial charge in [-0.2, -0.15) is 0 Å². The zero-order valence-corrected chi connectivity index (χ0v) is 20.1. The molecule has 2 aromatic rings. The van der Waals surface area contributed by atoms with Gasteiger partial charge >= 0.3 is 0 Å². The van der Waals surface area contributed by atoms with E-state index in [9.17, 15) is 4.39 Å². The average Bonchev–Trinajstić information content (AvgIpc) is 2.79. The third kappa shape index (κ3) is 9.00. The lowest BCUT2D eigenvalue weighted by molar-refractivity contribution is 0.0403. The van der Waals surface area contributed by atoms with Gasteiger partial charge < -0.3 is 25.0 Å². The third-order valence-electron chi connectivity index (χ3n) is 5.00. The van der Waals surface area contributed by atoms with Gasteiger partial charge in [-0.15, -0.1) is 24.0 Å². The number of hydrogen-bond acceptors (Lipinski definition) is 4. The lowest BCUT2D eigenvalue weighted by Gasteiger charge is -2.36. The number of hydrogen-bond donors (Lipinski definition) is 1. The summed E-state index contributed by atoms with van der Waals surface area (Å²) in [6.07, 6.45) is 0.828. The molecule has 31 heavy (non-hydrogen) atoms. The van der Waals surface area contributed by atoms with E-state index in [2.05, 4.69) is 14.8 Å². The van der Waals surface area contributed by atoms with E-state index in [-0.39, 0.29) is 29.8 Å². The van der Waals surface area contributed by atoms with E-state index in [1.54, 1.807) is 0 Å². The Hall–Kier alpha value is -1.91. The van der Waals surface area contributed by atoms with Crippen molar-refractivity contribution in [3.05, 3.63) is 66.0 Å². The van der Waals surface area contributed by atoms with Crippen molar-refractivity contribution in [3.8, 4) is 0 Å². The molecule has 0 amide bonds. The molecule has 0 spiro atoms. The minimum absolute atomic E-state index is 0. The number of guanidine groups is 1. The van der Waals surface area contributed by atoms with Crippen LogP contribution in [0.15, 0.2) is 59.6 Å². The Labute approximate surface area is 201 Å². The van der Waals surface area contributed by atoms with E-state index in [0.29, 0.717) is 38.9 Å². The van der Waals surface area contributed by atoms with Crippen LogP contribution in [0.4, 0.5) is 10.1 Å². The van der Waals surface area contributed by atoms with Gasteiger partial charge in [-0.25, -0.2) is 4.39 Å². The Kier molecular flexibility index (Phi) is 11.6. The van der Waals surface area contributed by atoms with Crippen molar-refractivity contribution in [3.63, 3.8) is 0 Å². The average molecular weight is 542 g/mol. The lowest BCUT2D eigenvalue weighted by Crippen LogP contribution is -2.51. The highest BCUT2D eigenvalue weighted by Crippen LogP contribution is 2.16. The second kappa shape index (κ2) is 14.2. The van der Waals surface area contributed by atoms with Crippen molar-refractivity contribution >= 4 is 35.6 Å². The molecule has 0 aromatic heterocycles. The van der Waals surface area contributed by atoms with E-state index in [4.69, 9.17) is 15.2 Å². The van der Waals surface area contributed by atoms with E-state index in [1.165, 1.54) is 17.7 Å². The fraction of sp³-hybridized carbons (Fsp3) is 0.435. The summed E-state index contributed by atoms with van der Waals surface area (Å²) < 4.78 is 24.2. The highest BCUT2D eigenvalue weighted by Gasteiger charge is 2.18. The molecule has 2 aromatic carbocycles. The van der Waals surface area contributed by atoms with Crippen LogP contribution in [-0.2, 0) is 16.1 Å². The fourth-order valence-corrected chi connectivity index (χ4v) is 3.29. The second-order valence-electron chi connectivity index (χ2n) is 7.19. The molecule has 0 saturated carbocycles. The molecule has 8 heteroatoms. The van der Waals surface area contributed by atoms with Gasteiger partial charge in [0.2, 0.25) is 0 Å². The third-order valence-corrected chi connectivity index (χ3v) is 5.00. The topological polar surface area (TPSA) is 63.3 Å². The quantitative estimate of drug-likeness (QED) is 0.216. The van der Waals surface area contributed by atoms with Crippen molar-refractivity contribution in [1.82, 2.24) is 4.90 Å². The molecule has 3 rings (SSSR count). The molecular weight excluding hydrogens is 510 g/mol. The molecule has 6 nitrogen and oxygen atoms in total. The minimum Gasteiger partial charge on any atom is -0.379 e. The largest absolute Gasteiger partial charge is 0.379 e. The second-order valence-corrected chi connectivity index (χ2v) is 7.19. The molecule has 0 atom stereocenters. The molecule has 1 aliphatic heterocycles. The van der Waals surface area contributed by atoms with Crippen LogP contribution in [0.5, 0.6) is 0 Å². The molecule has 0 radical (unpaired) electrons. The van der Waals surface area contributed by atoms with Gasteiger partial charge in [0.25, 0.3) is 0 Å². The molecule has 0 aliphatic carbocycles. The molecule has 1 aliphatic rings. The number of halogens is 2. The number of nitrogens with two attached hydrogens (primary N) is 1. The van der Waals surface area contributed by atoms with E-state index in [1.807, 2.05) is 42.5 Å². The molecule has 1 saturated heterocycles. The van der Waals surface area contributed by atoms with Crippen LogP contribution in [0.25, 0.3) is 0 Å². The van der Waals surface area contributed by atoms with Crippen LogP contribution in [0, 0.1) is 5.82 Å². The fourth-order valence-electron chi connectivity index (χ4n) is 3.29. The van der Waals surface area contributed by atoms with Crippen LogP contribution in [0.1, 0.15) is 12.0 Å². The van der Waals surface area contributed by atoms with Crippen LogP contribution in [-0.4, -0.2) is 63.4 Å². The highest BCUT2D eigenvalue weighted by molar-refractivity contribution is 14.0. The molecule has 0 bridgehead atoms. The Morgan fingerprint density at radius 2 is 1.58 bits per heavy atom. The number of aliphatic imine (C=N–C) groups is 1. The van der Waals surface area contributed by atoms with Gasteiger partial charge in [0.1, 0.15) is 5.82 Å². The maximum Gasteiger partial charge on any atom is 0.191 e. The van der Waals surface area contributed by atoms with Crippen molar-refractivity contribution in [2.24, 2.45) is 10.7 Å². The first-order chi connectivity index (χ1) is 14.7. The predicted octanol–water partition coefficient (Wildman–Crippen LogP) is 3.50. The molecule has 1 fully saturated rings. The number of piperazine rings is 1. The summed E-state index contributed by atoms with van der Waals surface area (Å²) in [5.41, 5.74) is 8.34. The number of ether oxygens (including phenoxy) is 2. The molecule has 170 valence electrons. The predicted molar refractivity (Wildman–Crippen MR) is 134 cm³/mol. The van der Waals surface area contributed by atoms with Crippen LogP contribution in [0.3, 0.4) is 0 Å². The molecule has 2 N–H and O–H groups in total. The van der Waals surface area contributed by atoms with Crippen LogP contribution < -0.4 is 10.6 Å². The van der Waals surface area contributed by atoms with E-state index < -0.39 is 0 Å². The number of nitrogens with zero attached hydrogens (tertiary/aromatic N) is 3. The normalized spacial score (nSPS) is 14.4. The van der Waals surface area contributed by atoms with Gasteiger partial charge in [-0.1, -0.05) is 30.3 Å². The Balaban J connectivity index is 0.00000341. The van der Waals surface area contributed by atoms with Gasteiger partial charge in [0.05, 0.1) is 19.8 Å². The van der Waals surface area contributed by atoms with Crippen molar-refractivity contribution in [2.45, 2.75) is 13.0 Å². The van der Waals surface area contributed by atoms with Crippen molar-refractivity contribution in [2.75, 3.05) is 57.4 Å². The molecular formula is C23H32FIN4O2. The number of benzene rings is 2. The van der Waals surface area contributed by atoms with Crippen molar-refractivity contribution in [1.29, 1.82) is 0 Å². The summed E-state index contributed by atoms with van der Waals surface area (Å²) in [7, 11) is 0. The molecule has 0 unspecified atom stereocenters. The SMILES string of the molecule is I.NC(=NCCCOCCOCc1ccccc1)N1CCN(c2ccc(F)cc2)CC1. The summed E-state index contributed by atoms with van der Waals surface area (Å²) in [5.74, 6) is 0.373. The van der Waals surface area contributed by atoms with Crippen molar-refractivity contribution < 1.29 is 13.9 Å². The summed E-state index contributed by atoms with van der Waals surface area (Å²) in [6, 6.07) is 16.7. The standard InChI is InChI=1S/C23H31FN4O2.HI/c24-21-7-9-22(10-8-21)27-12-14-28(15-13-27)23(25)26-11-4-16-29-17-18-30-19-20-5-2-1-3-6-20;/h1-3,5-10H,4,11-19H2,(H2,25,26);1H. The first-order valence-corrected chi connectivity index (χ1v) is 10.5. The van der Waals surface area contributed by atoms with Gasteiger partial charge in [0, 0.05) is 45.0 Å². The smallest absolute Gasteiger partial charge is 0.191 e. The Bertz CT molecular complexity index is 769. The van der Waals surface area contributed by atoms with Crippen LogP contribution >= 0.6 is 24.0 Å². The highest BCUT2D eigenvalue weighted by atomic mass is 127. The summed E-state index contributed by atoms with van der Waals surface area (Å²) >= 11 is 0. The van der Waals surface area contributed by atoms with Crippen LogP contribution in [0.2, 0.25) is 0 Å². The van der Waals surface area contributed by atoms with Gasteiger partial charge in [-0.3, -0.25) is 4.99 Å². The zero-order valence-electron chi connectivity index (χ0n) is 17.8. The summed E-state index contributed by atoms with van der Waals surface area (Å²) in [4.78, 5) is 8.80. The van der Waals surface area contributed by atoms with E-state index in [0.717, 1.165) is 38.3 Å². The lowest BCUT2D eigenvalue weighted by atomic mass is 10.2. The van der Waals surface area contributed by atoms with E-state index >= 15 is 0 Å². The maximum atomic E-state index is 13.1. The first-order valence-electron chi connectivity index (χ1n) is 10.5. The maximum absolute atomic E-state index is 13.1. The Morgan fingerprint density at radius 1 is 0.903 bits per heavy atom. The summed E-state index contributed by atoms with van der Waals surface area (Å²) in [6.45, 7) is 6.36. The van der Waals surface area contributed by atoms with Gasteiger partial charge in [-0.05, 0) is 36.2 Å². The monoisotopic (exact) mass is 542 g/mol. The zero-order chi connectivity index (χ0) is 21.0. The summed E-state index contributed by atoms with van der Waals surface area (Å²) in [5, 5.41) is 0. The Morgan fingerprint density at radius 3 is 2.29 bits per heavy atom. The minimum atomic E-state index is -0.211. The number of anilines is 1.